The van der Waals surface area contributed by atoms with Crippen molar-refractivity contribution in [1.29, 1.82) is 0 Å². The topological polar surface area (TPSA) is 57.2 Å². The summed E-state index contributed by atoms with van der Waals surface area (Å²) in [6.45, 7) is 14.0. The Kier molecular flexibility index (Phi) is 9.99. The van der Waals surface area contributed by atoms with Crippen LogP contribution in [0.2, 0.25) is 0 Å². The first-order valence-corrected chi connectivity index (χ1v) is 14.2. The number of amides is 1. The molecule has 1 aromatic rings. The van der Waals surface area contributed by atoms with Crippen LogP contribution in [0.5, 0.6) is 0 Å². The second kappa shape index (κ2) is 13.4. The molecule has 0 aliphatic carbocycles. The number of nitrogens with one attached hydrogen (secondary N) is 1. The first-order valence-electron chi connectivity index (χ1n) is 14.2. The average Bonchev–Trinajstić information content (AvgIpc) is 3.14. The zero-order valence-electron chi connectivity index (χ0n) is 22.7. The summed E-state index contributed by atoms with van der Waals surface area (Å²) in [6, 6.07) is 8.36. The third kappa shape index (κ3) is 7.42. The molecule has 2 fully saturated rings. The summed E-state index contributed by atoms with van der Waals surface area (Å²) >= 11 is 0. The molecule has 3 aliphatic heterocycles. The molecule has 3 heterocycles. The molecule has 1 atom stereocenters. The Morgan fingerprint density at radius 2 is 1.89 bits per heavy atom. The van der Waals surface area contributed by atoms with Crippen LogP contribution in [0.1, 0.15) is 69.9 Å². The zero-order valence-corrected chi connectivity index (χ0v) is 22.7. The molecule has 0 saturated carbocycles. The van der Waals surface area contributed by atoms with Crippen molar-refractivity contribution < 1.29 is 9.53 Å². The summed E-state index contributed by atoms with van der Waals surface area (Å²) in [7, 11) is 0. The third-order valence-electron chi connectivity index (χ3n) is 8.27. The van der Waals surface area contributed by atoms with Crippen LogP contribution in [0.15, 0.2) is 40.7 Å². The highest BCUT2D eigenvalue weighted by atomic mass is 16.5. The number of aryl methyl sites for hydroxylation is 1. The van der Waals surface area contributed by atoms with Gasteiger partial charge in [-0.15, -0.1) is 0 Å². The molecule has 1 unspecified atom stereocenters. The van der Waals surface area contributed by atoms with Crippen LogP contribution < -0.4 is 5.32 Å². The fraction of sp³-hybridized carbons (Fsp3) is 0.667. The standard InChI is InChI=1S/C30H46N4O2/c1-4-25-11-7-8-16-33(20-25)17-9-15-31-30(35)26-13-18-34(19-14-26)21-28-24(3)36-22-29(32-28)27-12-6-5-10-23(27)2/h5-6,10,12,25-26H,4,7-9,11,13-22H2,1-3H3,(H,31,35). The normalized spacial score (nSPS) is 22.6. The highest BCUT2D eigenvalue weighted by Gasteiger charge is 2.26. The first kappa shape index (κ1) is 26.9. The van der Waals surface area contributed by atoms with Gasteiger partial charge in [0.25, 0.3) is 0 Å². The Bertz CT molecular complexity index is 933. The Morgan fingerprint density at radius 3 is 2.67 bits per heavy atom. The minimum absolute atomic E-state index is 0.132. The number of rotatable bonds is 9. The lowest BCUT2D eigenvalue weighted by molar-refractivity contribution is -0.126. The zero-order chi connectivity index (χ0) is 25.3. The monoisotopic (exact) mass is 494 g/mol. The number of hydrogen-bond donors (Lipinski definition) is 1. The van der Waals surface area contributed by atoms with Gasteiger partial charge in [0.15, 0.2) is 0 Å². The molecule has 0 radical (unpaired) electrons. The second-order valence-electron chi connectivity index (χ2n) is 10.9. The summed E-state index contributed by atoms with van der Waals surface area (Å²) in [5, 5.41) is 3.23. The van der Waals surface area contributed by atoms with Gasteiger partial charge in [-0.1, -0.05) is 44.0 Å². The maximum atomic E-state index is 12.8. The highest BCUT2D eigenvalue weighted by molar-refractivity contribution is 6.03. The molecule has 1 N–H and O–H groups in total. The fourth-order valence-electron chi connectivity index (χ4n) is 5.79. The van der Waals surface area contributed by atoms with Gasteiger partial charge in [0.05, 0.1) is 11.4 Å². The SMILES string of the molecule is CCC1CCCCN(CCCNC(=O)C2CCN(CC3=C(C)OCC(c4ccccc4C)=N3)CC2)C1. The lowest BCUT2D eigenvalue weighted by Crippen LogP contribution is -2.42. The van der Waals surface area contributed by atoms with E-state index < -0.39 is 0 Å². The summed E-state index contributed by atoms with van der Waals surface area (Å²) in [4.78, 5) is 22.8. The maximum Gasteiger partial charge on any atom is 0.223 e. The first-order chi connectivity index (χ1) is 17.5. The van der Waals surface area contributed by atoms with Crippen molar-refractivity contribution in [3.63, 3.8) is 0 Å². The van der Waals surface area contributed by atoms with Crippen molar-refractivity contribution >= 4 is 11.6 Å². The van der Waals surface area contributed by atoms with Crippen molar-refractivity contribution in [2.45, 2.75) is 65.7 Å². The minimum atomic E-state index is 0.132. The van der Waals surface area contributed by atoms with Crippen LogP contribution in [-0.4, -0.2) is 73.8 Å². The number of nitrogens with zero attached hydrogens (tertiary/aromatic N) is 3. The third-order valence-corrected chi connectivity index (χ3v) is 8.27. The molecule has 1 amide bonds. The van der Waals surface area contributed by atoms with Gasteiger partial charge in [0.1, 0.15) is 12.4 Å². The van der Waals surface area contributed by atoms with Gasteiger partial charge in [0.2, 0.25) is 5.91 Å². The number of ether oxygens (including phenoxy) is 1. The van der Waals surface area contributed by atoms with E-state index in [-0.39, 0.29) is 11.8 Å². The molecule has 36 heavy (non-hydrogen) atoms. The van der Waals surface area contributed by atoms with E-state index in [2.05, 4.69) is 53.2 Å². The molecule has 3 aliphatic rings. The molecule has 198 valence electrons. The number of carbonyl (C=O) groups excluding carboxylic acids is 1. The number of carbonyl (C=O) groups is 1. The van der Waals surface area contributed by atoms with Gasteiger partial charge >= 0.3 is 0 Å². The maximum absolute atomic E-state index is 12.8. The van der Waals surface area contributed by atoms with Crippen LogP contribution >= 0.6 is 0 Å². The number of allylic oxidation sites excluding steroid dienone is 1. The fourth-order valence-corrected chi connectivity index (χ4v) is 5.79. The number of benzene rings is 1. The summed E-state index contributed by atoms with van der Waals surface area (Å²) < 4.78 is 5.99. The van der Waals surface area contributed by atoms with E-state index in [1.165, 1.54) is 49.9 Å². The lowest BCUT2D eigenvalue weighted by Gasteiger charge is -2.32. The van der Waals surface area contributed by atoms with E-state index in [4.69, 9.17) is 9.73 Å². The molecular formula is C30H46N4O2. The quantitative estimate of drug-likeness (QED) is 0.502. The molecule has 0 spiro atoms. The van der Waals surface area contributed by atoms with E-state index >= 15 is 0 Å². The Hall–Kier alpha value is -2.18. The van der Waals surface area contributed by atoms with E-state index in [9.17, 15) is 4.79 Å². The van der Waals surface area contributed by atoms with Crippen molar-refractivity contribution in [3.8, 4) is 0 Å². The van der Waals surface area contributed by atoms with Crippen molar-refractivity contribution in [2.24, 2.45) is 16.8 Å². The molecular weight excluding hydrogens is 448 g/mol. The second-order valence-corrected chi connectivity index (χ2v) is 10.9. The molecule has 0 bridgehead atoms. The van der Waals surface area contributed by atoms with Gasteiger partial charge in [-0.25, -0.2) is 4.99 Å². The summed E-state index contributed by atoms with van der Waals surface area (Å²) in [5.41, 5.74) is 4.41. The predicted octanol–water partition coefficient (Wildman–Crippen LogP) is 4.78. The number of hydrogen-bond acceptors (Lipinski definition) is 5. The van der Waals surface area contributed by atoms with E-state index in [1.807, 2.05) is 6.92 Å². The van der Waals surface area contributed by atoms with E-state index in [1.54, 1.807) is 0 Å². The molecule has 1 aromatic carbocycles. The van der Waals surface area contributed by atoms with Crippen LogP contribution in [-0.2, 0) is 9.53 Å². The summed E-state index contributed by atoms with van der Waals surface area (Å²) in [6.07, 6.45) is 8.24. The Balaban J connectivity index is 1.18. The molecule has 4 rings (SSSR count). The van der Waals surface area contributed by atoms with Gasteiger partial charge < -0.3 is 15.0 Å². The van der Waals surface area contributed by atoms with Crippen LogP contribution in [0, 0.1) is 18.8 Å². The van der Waals surface area contributed by atoms with Crippen molar-refractivity contribution in [3.05, 3.63) is 46.8 Å². The molecule has 0 aromatic heterocycles. The van der Waals surface area contributed by atoms with Gasteiger partial charge in [-0.3, -0.25) is 9.69 Å². The molecule has 6 nitrogen and oxygen atoms in total. The number of likely N-dealkylation sites (tertiary alicyclic amines) is 2. The van der Waals surface area contributed by atoms with Gasteiger partial charge in [0, 0.05) is 31.1 Å². The molecule has 2 saturated heterocycles. The highest BCUT2D eigenvalue weighted by Crippen LogP contribution is 2.23. The molecule has 6 heteroatoms. The Labute approximate surface area is 218 Å². The summed E-state index contributed by atoms with van der Waals surface area (Å²) in [5.74, 6) is 2.15. The predicted molar refractivity (Wildman–Crippen MR) is 147 cm³/mol. The largest absolute Gasteiger partial charge is 0.490 e. The smallest absolute Gasteiger partial charge is 0.223 e. The van der Waals surface area contributed by atoms with E-state index in [0.717, 1.165) is 75.1 Å². The minimum Gasteiger partial charge on any atom is -0.490 e. The number of aliphatic imine (C=N–C) groups is 1. The lowest BCUT2D eigenvalue weighted by atomic mass is 9.95. The number of piperidine rings is 1. The van der Waals surface area contributed by atoms with Crippen molar-refractivity contribution in [1.82, 2.24) is 15.1 Å². The average molecular weight is 495 g/mol. The Morgan fingerprint density at radius 1 is 1.08 bits per heavy atom. The van der Waals surface area contributed by atoms with Crippen LogP contribution in [0.4, 0.5) is 0 Å². The van der Waals surface area contributed by atoms with Crippen LogP contribution in [0.3, 0.4) is 0 Å². The van der Waals surface area contributed by atoms with Crippen molar-refractivity contribution in [2.75, 3.05) is 52.4 Å². The van der Waals surface area contributed by atoms with Crippen LogP contribution in [0.25, 0.3) is 0 Å². The van der Waals surface area contributed by atoms with E-state index in [0.29, 0.717) is 6.61 Å². The van der Waals surface area contributed by atoms with Gasteiger partial charge in [-0.2, -0.15) is 0 Å². The van der Waals surface area contributed by atoms with Gasteiger partial charge in [-0.05, 0) is 83.6 Å².